The Kier molecular flexibility index (Phi) is 5.16. The molecule has 0 fully saturated rings. The van der Waals surface area contributed by atoms with E-state index in [-0.39, 0.29) is 23.7 Å². The van der Waals surface area contributed by atoms with Crippen molar-refractivity contribution in [1.29, 1.82) is 0 Å². The van der Waals surface area contributed by atoms with Crippen molar-refractivity contribution in [2.24, 2.45) is 0 Å². The summed E-state index contributed by atoms with van der Waals surface area (Å²) in [5.74, 6) is -2.78. The van der Waals surface area contributed by atoms with E-state index < -0.39 is 23.5 Å². The van der Waals surface area contributed by atoms with E-state index in [9.17, 15) is 18.4 Å². The second kappa shape index (κ2) is 7.08. The van der Waals surface area contributed by atoms with Gasteiger partial charge in [0.1, 0.15) is 11.6 Å². The Morgan fingerprint density at radius 1 is 1.27 bits per heavy atom. The molecule has 0 unspecified atom stereocenters. The molecule has 0 aliphatic rings. The predicted molar refractivity (Wildman–Crippen MR) is 76.8 cm³/mol. The van der Waals surface area contributed by atoms with Gasteiger partial charge in [-0.05, 0) is 19.1 Å². The smallest absolute Gasteiger partial charge is 0.311 e. The van der Waals surface area contributed by atoms with Crippen molar-refractivity contribution in [3.05, 3.63) is 46.5 Å². The van der Waals surface area contributed by atoms with Crippen LogP contribution in [0.25, 0.3) is 0 Å². The first-order valence-electron chi connectivity index (χ1n) is 6.35. The second-order valence-electron chi connectivity index (χ2n) is 4.24. The average molecular weight is 326 g/mol. The van der Waals surface area contributed by atoms with E-state index in [2.05, 4.69) is 10.3 Å². The van der Waals surface area contributed by atoms with E-state index >= 15 is 0 Å². The monoisotopic (exact) mass is 326 g/mol. The van der Waals surface area contributed by atoms with Gasteiger partial charge >= 0.3 is 5.97 Å². The van der Waals surface area contributed by atoms with Gasteiger partial charge in [0, 0.05) is 17.0 Å². The molecule has 1 amide bonds. The number of ether oxygens (including phenoxy) is 1. The van der Waals surface area contributed by atoms with Crippen LogP contribution in [-0.2, 0) is 16.0 Å². The second-order valence-corrected chi connectivity index (χ2v) is 5.10. The summed E-state index contributed by atoms with van der Waals surface area (Å²) in [4.78, 5) is 27.2. The minimum Gasteiger partial charge on any atom is -0.466 e. The van der Waals surface area contributed by atoms with E-state index in [0.717, 1.165) is 23.5 Å². The molecule has 0 saturated heterocycles. The SMILES string of the molecule is CCOC(=O)Cc1csc(NC(=O)c2cc(F)cc(F)c2)n1. The molecule has 0 aliphatic carbocycles. The quantitative estimate of drug-likeness (QED) is 0.858. The maximum Gasteiger partial charge on any atom is 0.311 e. The molecule has 0 spiro atoms. The highest BCUT2D eigenvalue weighted by atomic mass is 32.1. The Morgan fingerprint density at radius 2 is 1.95 bits per heavy atom. The van der Waals surface area contributed by atoms with Crippen LogP contribution in [0.1, 0.15) is 23.0 Å². The fraction of sp³-hybridized carbons (Fsp3) is 0.214. The van der Waals surface area contributed by atoms with E-state index in [1.165, 1.54) is 0 Å². The van der Waals surface area contributed by atoms with Crippen molar-refractivity contribution in [2.45, 2.75) is 13.3 Å². The van der Waals surface area contributed by atoms with Crippen LogP contribution in [-0.4, -0.2) is 23.5 Å². The fourth-order valence-corrected chi connectivity index (χ4v) is 2.36. The molecule has 1 N–H and O–H groups in total. The van der Waals surface area contributed by atoms with Gasteiger partial charge < -0.3 is 4.74 Å². The molecule has 0 radical (unpaired) electrons. The van der Waals surface area contributed by atoms with Gasteiger partial charge in [-0.2, -0.15) is 0 Å². The number of rotatable bonds is 5. The number of halogens is 2. The molecule has 0 saturated carbocycles. The first-order valence-corrected chi connectivity index (χ1v) is 7.23. The Hall–Kier alpha value is -2.35. The lowest BCUT2D eigenvalue weighted by molar-refractivity contribution is -0.142. The standard InChI is InChI=1S/C14H12F2N2O3S/c1-2-21-12(19)6-11-7-22-14(17-11)18-13(20)8-3-9(15)5-10(16)4-8/h3-5,7H,2,6H2,1H3,(H,17,18,20). The molecule has 0 bridgehead atoms. The molecule has 5 nitrogen and oxygen atoms in total. The first-order chi connectivity index (χ1) is 10.5. The first kappa shape index (κ1) is 16.0. The van der Waals surface area contributed by atoms with Gasteiger partial charge in [-0.25, -0.2) is 13.8 Å². The van der Waals surface area contributed by atoms with Gasteiger partial charge in [-0.15, -0.1) is 11.3 Å². The molecular weight excluding hydrogens is 314 g/mol. The van der Waals surface area contributed by atoms with Crippen LogP contribution in [0.15, 0.2) is 23.6 Å². The summed E-state index contributed by atoms with van der Waals surface area (Å²) in [6, 6.07) is 2.52. The van der Waals surface area contributed by atoms with Crippen LogP contribution in [0.2, 0.25) is 0 Å². The summed E-state index contributed by atoms with van der Waals surface area (Å²) in [6.07, 6.45) is -0.00516. The molecule has 0 atom stereocenters. The molecule has 2 rings (SSSR count). The van der Waals surface area contributed by atoms with E-state index in [1.807, 2.05) is 0 Å². The molecule has 0 aliphatic heterocycles. The number of nitrogens with zero attached hydrogens (tertiary/aromatic N) is 1. The molecule has 8 heteroatoms. The third kappa shape index (κ3) is 4.32. The maximum atomic E-state index is 13.1. The lowest BCUT2D eigenvalue weighted by Crippen LogP contribution is -2.13. The molecule has 116 valence electrons. The minimum absolute atomic E-state index is 0.00516. The Labute approximate surface area is 128 Å². The van der Waals surface area contributed by atoms with Gasteiger partial charge in [-0.1, -0.05) is 0 Å². The molecule has 1 aromatic carbocycles. The number of carbonyl (C=O) groups excluding carboxylic acids is 2. The third-order valence-corrected chi connectivity index (χ3v) is 3.33. The number of hydrogen-bond acceptors (Lipinski definition) is 5. The van der Waals surface area contributed by atoms with Crippen molar-refractivity contribution < 1.29 is 23.1 Å². The average Bonchev–Trinajstić information content (AvgIpc) is 2.85. The number of hydrogen-bond donors (Lipinski definition) is 1. The number of thiazole rings is 1. The number of benzene rings is 1. The predicted octanol–water partition coefficient (Wildman–Crippen LogP) is 2.78. The number of nitrogens with one attached hydrogen (secondary N) is 1. The van der Waals surface area contributed by atoms with Crippen LogP contribution in [0, 0.1) is 11.6 Å². The molecular formula is C14H12F2N2O3S. The van der Waals surface area contributed by atoms with Crippen molar-refractivity contribution in [1.82, 2.24) is 4.98 Å². The van der Waals surface area contributed by atoms with E-state index in [1.54, 1.807) is 12.3 Å². The Balaban J connectivity index is 2.03. The van der Waals surface area contributed by atoms with Crippen molar-refractivity contribution in [2.75, 3.05) is 11.9 Å². The number of carbonyl (C=O) groups is 2. The Morgan fingerprint density at radius 3 is 2.59 bits per heavy atom. The summed E-state index contributed by atoms with van der Waals surface area (Å²) in [5, 5.41) is 4.25. The summed E-state index contributed by atoms with van der Waals surface area (Å²) in [5.41, 5.74) is 0.295. The number of anilines is 1. The van der Waals surface area contributed by atoms with Gasteiger partial charge in [0.15, 0.2) is 5.13 Å². The topological polar surface area (TPSA) is 68.3 Å². The zero-order valence-corrected chi connectivity index (χ0v) is 12.4. The van der Waals surface area contributed by atoms with Crippen LogP contribution in [0.3, 0.4) is 0 Å². The molecule has 1 aromatic heterocycles. The molecule has 1 heterocycles. The van der Waals surface area contributed by atoms with Crippen LogP contribution < -0.4 is 5.32 Å². The maximum absolute atomic E-state index is 13.1. The summed E-state index contributed by atoms with van der Waals surface area (Å²) < 4.78 is 30.9. The van der Waals surface area contributed by atoms with Crippen molar-refractivity contribution in [3.63, 3.8) is 0 Å². The molecule has 2 aromatic rings. The summed E-state index contributed by atoms with van der Waals surface area (Å²) >= 11 is 1.10. The van der Waals surface area contributed by atoms with E-state index in [0.29, 0.717) is 11.8 Å². The zero-order chi connectivity index (χ0) is 16.1. The lowest BCUT2D eigenvalue weighted by atomic mass is 10.2. The highest BCUT2D eigenvalue weighted by Crippen LogP contribution is 2.18. The van der Waals surface area contributed by atoms with Gasteiger partial charge in [0.2, 0.25) is 0 Å². The van der Waals surface area contributed by atoms with Crippen LogP contribution >= 0.6 is 11.3 Å². The lowest BCUT2D eigenvalue weighted by Gasteiger charge is -2.02. The summed E-state index contributed by atoms with van der Waals surface area (Å²) in [7, 11) is 0. The van der Waals surface area contributed by atoms with Gasteiger partial charge in [-0.3, -0.25) is 14.9 Å². The highest BCUT2D eigenvalue weighted by Gasteiger charge is 2.13. The fourth-order valence-electron chi connectivity index (χ4n) is 1.66. The van der Waals surface area contributed by atoms with Gasteiger partial charge in [0.05, 0.1) is 18.7 Å². The van der Waals surface area contributed by atoms with Crippen molar-refractivity contribution in [3.8, 4) is 0 Å². The largest absolute Gasteiger partial charge is 0.466 e. The molecule has 22 heavy (non-hydrogen) atoms. The normalized spacial score (nSPS) is 10.3. The van der Waals surface area contributed by atoms with Crippen LogP contribution in [0.5, 0.6) is 0 Å². The number of esters is 1. The van der Waals surface area contributed by atoms with Crippen LogP contribution in [0.4, 0.5) is 13.9 Å². The van der Waals surface area contributed by atoms with E-state index in [4.69, 9.17) is 4.74 Å². The number of amides is 1. The Bertz CT molecular complexity index is 683. The third-order valence-electron chi connectivity index (χ3n) is 2.53. The summed E-state index contributed by atoms with van der Waals surface area (Å²) in [6.45, 7) is 1.97. The van der Waals surface area contributed by atoms with Crippen molar-refractivity contribution >= 4 is 28.3 Å². The minimum atomic E-state index is -0.840. The number of aromatic nitrogens is 1. The zero-order valence-electron chi connectivity index (χ0n) is 11.6. The van der Waals surface area contributed by atoms with Gasteiger partial charge in [0.25, 0.3) is 5.91 Å². The highest BCUT2D eigenvalue weighted by molar-refractivity contribution is 7.14.